The van der Waals surface area contributed by atoms with Gasteiger partial charge in [0.25, 0.3) is 0 Å². The van der Waals surface area contributed by atoms with E-state index in [0.717, 1.165) is 5.57 Å². The van der Waals surface area contributed by atoms with Crippen LogP contribution in [0.15, 0.2) is 92.3 Å². The largest absolute Gasteiger partial charge is 0.497 e. The van der Waals surface area contributed by atoms with Crippen LogP contribution in [0.25, 0.3) is 0 Å². The van der Waals surface area contributed by atoms with Gasteiger partial charge < -0.3 is 4.74 Å². The van der Waals surface area contributed by atoms with Crippen molar-refractivity contribution < 1.29 is 4.74 Å². The van der Waals surface area contributed by atoms with E-state index in [2.05, 4.69) is 63.6 Å². The Morgan fingerprint density at radius 3 is 1.76 bits per heavy atom. The number of allylic oxidation sites excluding steroid dienone is 5. The Labute approximate surface area is 158 Å². The Hall–Kier alpha value is -2.28. The average Bonchev–Trinajstić information content (AvgIpc) is 2.58. The third-order valence-corrected chi connectivity index (χ3v) is 2.34. The Morgan fingerprint density at radius 1 is 1.08 bits per heavy atom. The molecule has 0 unspecified atom stereocenters. The lowest BCUT2D eigenvalue weighted by molar-refractivity contribution is 0.309. The molecule has 0 aliphatic carbocycles. The van der Waals surface area contributed by atoms with Gasteiger partial charge in [0, 0.05) is 0 Å². The molecule has 0 radical (unpaired) electrons. The summed E-state index contributed by atoms with van der Waals surface area (Å²) < 4.78 is 4.71. The molecule has 0 atom stereocenters. The molecule has 0 amide bonds. The Balaban J connectivity index is -0.000000125. The Kier molecular flexibility index (Phi) is 32.6. The van der Waals surface area contributed by atoms with Gasteiger partial charge in [0.2, 0.25) is 0 Å². The second-order valence-electron chi connectivity index (χ2n) is 4.86. The van der Waals surface area contributed by atoms with Crippen molar-refractivity contribution in [2.75, 3.05) is 7.11 Å². The van der Waals surface area contributed by atoms with Gasteiger partial charge in [-0.1, -0.05) is 94.6 Å². The molecule has 0 saturated carbocycles. The first-order chi connectivity index (χ1) is 11.4. The van der Waals surface area contributed by atoms with Crippen LogP contribution in [-0.4, -0.2) is 7.11 Å². The minimum atomic E-state index is 0. The van der Waals surface area contributed by atoms with Gasteiger partial charge in [-0.25, -0.2) is 0 Å². The molecule has 0 bridgehead atoms. The second-order valence-corrected chi connectivity index (χ2v) is 4.86. The summed E-state index contributed by atoms with van der Waals surface area (Å²) >= 11 is 0. The maximum atomic E-state index is 4.71. The third-order valence-electron chi connectivity index (χ3n) is 2.34. The van der Waals surface area contributed by atoms with E-state index < -0.39 is 0 Å². The van der Waals surface area contributed by atoms with Crippen molar-refractivity contribution in [1.29, 1.82) is 0 Å². The highest BCUT2D eigenvalue weighted by Crippen LogP contribution is 2.00. The van der Waals surface area contributed by atoms with Gasteiger partial charge in [-0.05, 0) is 38.8 Å². The summed E-state index contributed by atoms with van der Waals surface area (Å²) in [6.45, 7) is 21.9. The molecule has 0 N–H and O–H groups in total. The van der Waals surface area contributed by atoms with E-state index >= 15 is 0 Å². The highest BCUT2D eigenvalue weighted by molar-refractivity contribution is 5.14. The van der Waals surface area contributed by atoms with Crippen molar-refractivity contribution in [2.45, 2.75) is 48.0 Å². The molecule has 0 aromatic heterocycles. The number of hydrogen-bond acceptors (Lipinski definition) is 1. The minimum Gasteiger partial charge on any atom is -0.497 e. The van der Waals surface area contributed by atoms with Gasteiger partial charge >= 0.3 is 0 Å². The number of ether oxygens (including phenoxy) is 1. The van der Waals surface area contributed by atoms with E-state index in [1.807, 2.05) is 26.8 Å². The van der Waals surface area contributed by atoms with Crippen LogP contribution < -0.4 is 0 Å². The van der Waals surface area contributed by atoms with E-state index in [1.54, 1.807) is 25.3 Å². The van der Waals surface area contributed by atoms with E-state index in [1.165, 1.54) is 18.4 Å². The van der Waals surface area contributed by atoms with Crippen LogP contribution in [0, 0.1) is 0 Å². The Morgan fingerprint density at radius 2 is 1.52 bits per heavy atom. The van der Waals surface area contributed by atoms with Crippen molar-refractivity contribution in [1.82, 2.24) is 0 Å². The first kappa shape index (κ1) is 30.6. The summed E-state index contributed by atoms with van der Waals surface area (Å²) in [6, 6.07) is 10.6. The summed E-state index contributed by atoms with van der Waals surface area (Å²) in [7, 11) is 1.60. The van der Waals surface area contributed by atoms with Gasteiger partial charge in [-0.3, -0.25) is 0 Å². The fourth-order valence-electron chi connectivity index (χ4n) is 1.19. The molecule has 1 heteroatoms. The smallest absolute Gasteiger partial charge is 0.111 e. The number of benzene rings is 1. The zero-order valence-electron chi connectivity index (χ0n) is 16.3. The fraction of sp³-hybridized carbons (Fsp3) is 0.333. The zero-order chi connectivity index (χ0) is 19.2. The predicted octanol–water partition coefficient (Wildman–Crippen LogP) is 7.94. The standard InChI is InChI=1S/C9H12.C6H10O.C5H8.C3H6.CH4/c1-2-6-9-7-4-3-5-8-9;1-4-5-6(2)7-3;1-4-5(2)3;1-3-2;/h3-5,7-8H,2,6H2,1H3;4-5H,2H2,1,3H3;4H,1-2H2,3H3;3H,1H2,2H3;1H4/b;5-4-;;;. The molecule has 0 aliphatic heterocycles. The van der Waals surface area contributed by atoms with Crippen molar-refractivity contribution in [2.24, 2.45) is 0 Å². The second kappa shape index (κ2) is 26.6. The van der Waals surface area contributed by atoms with Crippen LogP contribution in [0.1, 0.15) is 47.1 Å². The molecule has 0 aliphatic rings. The van der Waals surface area contributed by atoms with E-state index in [0.29, 0.717) is 5.76 Å². The summed E-state index contributed by atoms with van der Waals surface area (Å²) in [6.07, 6.45) is 9.61. The lowest BCUT2D eigenvalue weighted by atomic mass is 10.1. The van der Waals surface area contributed by atoms with Crippen LogP contribution in [-0.2, 0) is 11.2 Å². The van der Waals surface area contributed by atoms with Crippen molar-refractivity contribution in [3.8, 4) is 0 Å². The van der Waals surface area contributed by atoms with Crippen LogP contribution >= 0.6 is 0 Å². The highest BCUT2D eigenvalue weighted by atomic mass is 16.5. The van der Waals surface area contributed by atoms with Crippen LogP contribution in [0.4, 0.5) is 0 Å². The van der Waals surface area contributed by atoms with Gasteiger partial charge in [0.15, 0.2) is 0 Å². The van der Waals surface area contributed by atoms with Crippen molar-refractivity contribution in [3.05, 3.63) is 97.8 Å². The van der Waals surface area contributed by atoms with Crippen LogP contribution in [0.2, 0.25) is 0 Å². The van der Waals surface area contributed by atoms with Gasteiger partial charge in [0.05, 0.1) is 7.11 Å². The monoisotopic (exact) mass is 344 g/mol. The molecule has 1 nitrogen and oxygen atoms in total. The summed E-state index contributed by atoms with van der Waals surface area (Å²) in [5.41, 5.74) is 2.46. The molecule has 0 saturated heterocycles. The normalized spacial score (nSPS) is 7.88. The molecule has 25 heavy (non-hydrogen) atoms. The first-order valence-corrected chi connectivity index (χ1v) is 8.17. The van der Waals surface area contributed by atoms with Crippen LogP contribution in [0.3, 0.4) is 0 Å². The average molecular weight is 345 g/mol. The van der Waals surface area contributed by atoms with E-state index in [-0.39, 0.29) is 7.43 Å². The van der Waals surface area contributed by atoms with E-state index in [4.69, 9.17) is 4.74 Å². The topological polar surface area (TPSA) is 9.23 Å². The summed E-state index contributed by atoms with van der Waals surface area (Å²) in [5.74, 6) is 0.697. The number of hydrogen-bond donors (Lipinski definition) is 0. The van der Waals surface area contributed by atoms with E-state index in [9.17, 15) is 0 Å². The van der Waals surface area contributed by atoms with Gasteiger partial charge in [-0.15, -0.1) is 6.58 Å². The van der Waals surface area contributed by atoms with Gasteiger partial charge in [-0.2, -0.15) is 0 Å². The molecule has 0 fully saturated rings. The maximum Gasteiger partial charge on any atom is 0.111 e. The van der Waals surface area contributed by atoms with Crippen molar-refractivity contribution >= 4 is 0 Å². The lowest BCUT2D eigenvalue weighted by Gasteiger charge is -1.93. The molecular weight excluding hydrogens is 304 g/mol. The number of rotatable bonds is 5. The lowest BCUT2D eigenvalue weighted by Crippen LogP contribution is -1.78. The summed E-state index contributed by atoms with van der Waals surface area (Å²) in [5, 5.41) is 0. The molecular formula is C24H40O. The highest BCUT2D eigenvalue weighted by Gasteiger charge is 1.84. The zero-order valence-corrected chi connectivity index (χ0v) is 16.3. The third kappa shape index (κ3) is 34.2. The minimum absolute atomic E-state index is 0. The maximum absolute atomic E-state index is 4.71. The SMILES string of the molecule is C.C=C(/C=C\C)OC.C=CC.C=CC(=C)C.CCCc1ccccc1. The first-order valence-electron chi connectivity index (χ1n) is 8.17. The molecule has 1 rings (SSSR count). The quantitative estimate of drug-likeness (QED) is 0.299. The number of aryl methyl sites for hydroxylation is 1. The van der Waals surface area contributed by atoms with Crippen LogP contribution in [0.5, 0.6) is 0 Å². The predicted molar refractivity (Wildman–Crippen MR) is 119 cm³/mol. The number of methoxy groups -OCH3 is 1. The summed E-state index contributed by atoms with van der Waals surface area (Å²) in [4.78, 5) is 0. The molecule has 1 aromatic rings. The fourth-order valence-corrected chi connectivity index (χ4v) is 1.19. The molecule has 0 heterocycles. The molecule has 0 spiro atoms. The molecule has 142 valence electrons. The molecule has 1 aromatic carbocycles. The van der Waals surface area contributed by atoms with Gasteiger partial charge in [0.1, 0.15) is 5.76 Å². The van der Waals surface area contributed by atoms with Crippen molar-refractivity contribution in [3.63, 3.8) is 0 Å². The Bertz CT molecular complexity index is 452.